The van der Waals surface area contributed by atoms with Crippen LogP contribution >= 0.6 is 12.4 Å². The molecule has 2 aromatic heterocycles. The summed E-state index contributed by atoms with van der Waals surface area (Å²) in [6, 6.07) is 3.76. The van der Waals surface area contributed by atoms with Gasteiger partial charge in [-0.1, -0.05) is 12.1 Å². The number of aromatic nitrogens is 3. The maximum Gasteiger partial charge on any atom is 0.243 e. The van der Waals surface area contributed by atoms with Gasteiger partial charge in [0, 0.05) is 23.4 Å². The summed E-state index contributed by atoms with van der Waals surface area (Å²) in [5.41, 5.74) is 7.94. The zero-order chi connectivity index (χ0) is 12.5. The average Bonchev–Trinajstić information content (AvgIpc) is 3.15. The third-order valence-corrected chi connectivity index (χ3v) is 3.23. The van der Waals surface area contributed by atoms with Crippen molar-refractivity contribution in [1.29, 1.82) is 0 Å². The lowest BCUT2D eigenvalue weighted by molar-refractivity contribution is 0.352. The van der Waals surface area contributed by atoms with Crippen LogP contribution in [-0.2, 0) is 0 Å². The van der Waals surface area contributed by atoms with Crippen molar-refractivity contribution in [3.63, 3.8) is 0 Å². The van der Waals surface area contributed by atoms with Gasteiger partial charge in [-0.2, -0.15) is 4.98 Å². The standard InChI is InChI=1S/C13H16N4O.ClH/c1-2-10(14)13-16-12(17-18-13)9-5-6-15-11(7-9)8-3-4-8;/h5-8,10H,2-4,14H2,1H3;1H/t10-;/m1./s1. The summed E-state index contributed by atoms with van der Waals surface area (Å²) >= 11 is 0. The van der Waals surface area contributed by atoms with E-state index >= 15 is 0 Å². The summed E-state index contributed by atoms with van der Waals surface area (Å²) in [4.78, 5) is 8.72. The zero-order valence-electron chi connectivity index (χ0n) is 10.7. The molecule has 1 fully saturated rings. The second-order valence-corrected chi connectivity index (χ2v) is 4.71. The minimum atomic E-state index is -0.184. The first-order valence-corrected chi connectivity index (χ1v) is 6.33. The molecule has 1 saturated carbocycles. The van der Waals surface area contributed by atoms with Crippen molar-refractivity contribution in [3.05, 3.63) is 29.9 Å². The monoisotopic (exact) mass is 280 g/mol. The van der Waals surface area contributed by atoms with Crippen molar-refractivity contribution >= 4 is 12.4 Å². The predicted octanol–water partition coefficient (Wildman–Crippen LogP) is 2.84. The van der Waals surface area contributed by atoms with Gasteiger partial charge in [-0.15, -0.1) is 12.4 Å². The van der Waals surface area contributed by atoms with Crippen LogP contribution in [0.15, 0.2) is 22.9 Å². The van der Waals surface area contributed by atoms with Gasteiger partial charge < -0.3 is 10.3 Å². The highest BCUT2D eigenvalue weighted by Gasteiger charge is 2.25. The highest BCUT2D eigenvalue weighted by atomic mass is 35.5. The molecule has 0 unspecified atom stereocenters. The second kappa shape index (κ2) is 5.67. The second-order valence-electron chi connectivity index (χ2n) is 4.71. The normalized spacial score (nSPS) is 15.9. The summed E-state index contributed by atoms with van der Waals surface area (Å²) in [6.45, 7) is 1.99. The molecular weight excluding hydrogens is 264 g/mol. The lowest BCUT2D eigenvalue weighted by Gasteiger charge is -2.00. The van der Waals surface area contributed by atoms with Gasteiger partial charge in [-0.3, -0.25) is 4.98 Å². The molecule has 0 spiro atoms. The summed E-state index contributed by atoms with van der Waals surface area (Å²) in [6.07, 6.45) is 5.05. The number of rotatable bonds is 4. The molecule has 6 heteroatoms. The Morgan fingerprint density at radius 1 is 1.47 bits per heavy atom. The third-order valence-electron chi connectivity index (χ3n) is 3.23. The minimum Gasteiger partial charge on any atom is -0.337 e. The number of pyridine rings is 1. The molecule has 1 atom stereocenters. The van der Waals surface area contributed by atoms with Gasteiger partial charge in [0.05, 0.1) is 6.04 Å². The molecule has 19 heavy (non-hydrogen) atoms. The first kappa shape index (κ1) is 14.0. The van der Waals surface area contributed by atoms with Gasteiger partial charge >= 0.3 is 0 Å². The Bertz CT molecular complexity index is 553. The first-order chi connectivity index (χ1) is 8.78. The van der Waals surface area contributed by atoms with Crippen LogP contribution in [0.5, 0.6) is 0 Å². The van der Waals surface area contributed by atoms with Crippen molar-refractivity contribution in [2.45, 2.75) is 38.1 Å². The Morgan fingerprint density at radius 2 is 2.26 bits per heavy atom. The van der Waals surface area contributed by atoms with Gasteiger partial charge in [-0.05, 0) is 31.4 Å². The van der Waals surface area contributed by atoms with Crippen LogP contribution in [0.1, 0.15) is 49.7 Å². The van der Waals surface area contributed by atoms with E-state index in [1.165, 1.54) is 12.8 Å². The van der Waals surface area contributed by atoms with E-state index in [0.29, 0.717) is 17.6 Å². The maximum absolute atomic E-state index is 5.87. The fourth-order valence-corrected chi connectivity index (χ4v) is 1.87. The molecule has 0 aromatic carbocycles. The minimum absolute atomic E-state index is 0. The summed E-state index contributed by atoms with van der Waals surface area (Å²) in [7, 11) is 0. The van der Waals surface area contributed by atoms with Crippen molar-refractivity contribution in [2.75, 3.05) is 0 Å². The van der Waals surface area contributed by atoms with E-state index in [1.807, 2.05) is 19.1 Å². The molecule has 102 valence electrons. The van der Waals surface area contributed by atoms with E-state index in [-0.39, 0.29) is 18.4 Å². The Morgan fingerprint density at radius 3 is 2.95 bits per heavy atom. The molecule has 5 nitrogen and oxygen atoms in total. The number of hydrogen-bond donors (Lipinski definition) is 1. The highest BCUT2D eigenvalue weighted by Crippen LogP contribution is 2.39. The maximum atomic E-state index is 5.87. The molecule has 0 aliphatic heterocycles. The molecule has 0 bridgehead atoms. The topological polar surface area (TPSA) is 77.8 Å². The van der Waals surface area contributed by atoms with Crippen molar-refractivity contribution < 1.29 is 4.52 Å². The zero-order valence-corrected chi connectivity index (χ0v) is 11.6. The summed E-state index contributed by atoms with van der Waals surface area (Å²) in [5, 5.41) is 3.98. The molecule has 3 rings (SSSR count). The Labute approximate surface area is 118 Å². The lowest BCUT2D eigenvalue weighted by atomic mass is 10.1. The third kappa shape index (κ3) is 2.93. The highest BCUT2D eigenvalue weighted by molar-refractivity contribution is 5.85. The fourth-order valence-electron chi connectivity index (χ4n) is 1.87. The van der Waals surface area contributed by atoms with E-state index in [9.17, 15) is 0 Å². The van der Waals surface area contributed by atoms with E-state index in [1.54, 1.807) is 6.20 Å². The van der Waals surface area contributed by atoms with E-state index in [2.05, 4.69) is 15.1 Å². The quantitative estimate of drug-likeness (QED) is 0.932. The SMILES string of the molecule is CC[C@@H](N)c1nc(-c2ccnc(C3CC3)c2)no1.Cl. The molecule has 2 aromatic rings. The summed E-state index contributed by atoms with van der Waals surface area (Å²) in [5.74, 6) is 1.71. The van der Waals surface area contributed by atoms with Crippen molar-refractivity contribution in [3.8, 4) is 11.4 Å². The van der Waals surface area contributed by atoms with Crippen molar-refractivity contribution in [1.82, 2.24) is 15.1 Å². The van der Waals surface area contributed by atoms with Gasteiger partial charge in [0.1, 0.15) is 0 Å². The fraction of sp³-hybridized carbons (Fsp3) is 0.462. The molecule has 1 aliphatic carbocycles. The molecule has 0 radical (unpaired) electrons. The van der Waals surface area contributed by atoms with Crippen molar-refractivity contribution in [2.24, 2.45) is 5.73 Å². The van der Waals surface area contributed by atoms with Crippen LogP contribution in [0.4, 0.5) is 0 Å². The Hall–Kier alpha value is -1.46. The molecular formula is C13H17ClN4O. The van der Waals surface area contributed by atoms with Gasteiger partial charge in [-0.25, -0.2) is 0 Å². The number of nitrogens with zero attached hydrogens (tertiary/aromatic N) is 3. The largest absolute Gasteiger partial charge is 0.337 e. The summed E-state index contributed by atoms with van der Waals surface area (Å²) < 4.78 is 5.18. The number of nitrogens with two attached hydrogens (primary N) is 1. The lowest BCUT2D eigenvalue weighted by Crippen LogP contribution is -2.08. The van der Waals surface area contributed by atoms with E-state index in [0.717, 1.165) is 17.7 Å². The average molecular weight is 281 g/mol. The van der Waals surface area contributed by atoms with Crippen LogP contribution in [0.2, 0.25) is 0 Å². The molecule has 0 saturated heterocycles. The van der Waals surface area contributed by atoms with E-state index in [4.69, 9.17) is 10.3 Å². The van der Waals surface area contributed by atoms with Gasteiger partial charge in [0.2, 0.25) is 11.7 Å². The molecule has 0 amide bonds. The Kier molecular flexibility index (Phi) is 4.17. The molecule has 2 heterocycles. The van der Waals surface area contributed by atoms with Crippen LogP contribution in [-0.4, -0.2) is 15.1 Å². The van der Waals surface area contributed by atoms with Crippen LogP contribution in [0, 0.1) is 0 Å². The van der Waals surface area contributed by atoms with E-state index < -0.39 is 0 Å². The van der Waals surface area contributed by atoms with Gasteiger partial charge in [0.25, 0.3) is 0 Å². The Balaban J connectivity index is 0.00000133. The van der Waals surface area contributed by atoms with Gasteiger partial charge in [0.15, 0.2) is 0 Å². The molecule has 2 N–H and O–H groups in total. The smallest absolute Gasteiger partial charge is 0.243 e. The molecule has 1 aliphatic rings. The van der Waals surface area contributed by atoms with Crippen LogP contribution in [0.25, 0.3) is 11.4 Å². The number of hydrogen-bond acceptors (Lipinski definition) is 5. The predicted molar refractivity (Wildman–Crippen MR) is 74.0 cm³/mol. The van der Waals surface area contributed by atoms with Crippen LogP contribution < -0.4 is 5.73 Å². The van der Waals surface area contributed by atoms with Crippen LogP contribution in [0.3, 0.4) is 0 Å². The first-order valence-electron chi connectivity index (χ1n) is 6.33. The number of halogens is 1.